The van der Waals surface area contributed by atoms with E-state index < -0.39 is 0 Å². The average molecular weight is 339 g/mol. The van der Waals surface area contributed by atoms with Crippen molar-refractivity contribution in [2.24, 2.45) is 0 Å². The number of para-hydroxylation sites is 2. The van der Waals surface area contributed by atoms with Crippen molar-refractivity contribution in [3.05, 3.63) is 35.5 Å². The Morgan fingerprint density at radius 3 is 2.80 bits per heavy atom. The van der Waals surface area contributed by atoms with Crippen molar-refractivity contribution in [1.29, 1.82) is 0 Å². The zero-order chi connectivity index (χ0) is 17.1. The Kier molecular flexibility index (Phi) is 4.95. The Morgan fingerprint density at radius 1 is 1.12 bits per heavy atom. The van der Waals surface area contributed by atoms with Crippen LogP contribution in [0.4, 0.5) is 5.82 Å². The molecule has 2 heterocycles. The number of ether oxygens (including phenoxy) is 1. The smallest absolute Gasteiger partial charge is 0.145 e. The number of benzene rings is 1. The van der Waals surface area contributed by atoms with E-state index in [1.807, 2.05) is 19.1 Å². The second kappa shape index (κ2) is 7.51. The third kappa shape index (κ3) is 3.26. The maximum absolute atomic E-state index is 5.88. The molecule has 0 bridgehead atoms. The molecule has 1 N–H and O–H groups in total. The summed E-state index contributed by atoms with van der Waals surface area (Å²) in [6.45, 7) is 3.73. The van der Waals surface area contributed by atoms with Crippen LogP contribution in [0.5, 0.6) is 5.75 Å². The van der Waals surface area contributed by atoms with Crippen molar-refractivity contribution < 1.29 is 4.74 Å². The van der Waals surface area contributed by atoms with Gasteiger partial charge in [0.15, 0.2) is 0 Å². The topological polar surface area (TPSA) is 39.1 Å². The molecule has 0 amide bonds. The third-order valence-corrected chi connectivity index (χ3v) is 5.55. The fourth-order valence-corrected chi connectivity index (χ4v) is 4.32. The molecule has 4 nitrogen and oxygen atoms in total. The second-order valence-electron chi connectivity index (χ2n) is 7.24. The van der Waals surface area contributed by atoms with Crippen molar-refractivity contribution in [2.75, 3.05) is 18.5 Å². The summed E-state index contributed by atoms with van der Waals surface area (Å²) in [5, 5.41) is 8.81. The molecular formula is C21H29N3O. The summed E-state index contributed by atoms with van der Waals surface area (Å²) in [4.78, 5) is 0. The first-order valence-electron chi connectivity index (χ1n) is 9.96. The van der Waals surface area contributed by atoms with E-state index in [0.717, 1.165) is 24.4 Å². The summed E-state index contributed by atoms with van der Waals surface area (Å²) in [6, 6.07) is 8.27. The maximum Gasteiger partial charge on any atom is 0.145 e. The molecule has 1 fully saturated rings. The number of nitrogens with one attached hydrogen (secondary N) is 1. The van der Waals surface area contributed by atoms with Crippen LogP contribution in [0.25, 0.3) is 5.69 Å². The van der Waals surface area contributed by atoms with Crippen LogP contribution in [0, 0.1) is 0 Å². The number of anilines is 1. The average Bonchev–Trinajstić information content (AvgIpc) is 2.84. The maximum atomic E-state index is 5.88. The minimum atomic E-state index is 0.628. The molecule has 1 aromatic heterocycles. The number of hydrogen-bond acceptors (Lipinski definition) is 3. The van der Waals surface area contributed by atoms with Crippen molar-refractivity contribution in [3.63, 3.8) is 0 Å². The summed E-state index contributed by atoms with van der Waals surface area (Å²) in [7, 11) is 0. The van der Waals surface area contributed by atoms with Crippen molar-refractivity contribution in [2.45, 2.75) is 64.2 Å². The van der Waals surface area contributed by atoms with E-state index in [9.17, 15) is 0 Å². The van der Waals surface area contributed by atoms with Gasteiger partial charge in [0.25, 0.3) is 0 Å². The molecule has 0 atom stereocenters. The van der Waals surface area contributed by atoms with E-state index in [0.29, 0.717) is 12.5 Å². The minimum absolute atomic E-state index is 0.628. The zero-order valence-corrected chi connectivity index (χ0v) is 15.3. The molecule has 134 valence electrons. The Hall–Kier alpha value is -1.97. The minimum Gasteiger partial charge on any atom is -0.492 e. The predicted molar refractivity (Wildman–Crippen MR) is 102 cm³/mol. The largest absolute Gasteiger partial charge is 0.492 e. The Balaban J connectivity index is 1.81. The summed E-state index contributed by atoms with van der Waals surface area (Å²) < 4.78 is 8.00. The van der Waals surface area contributed by atoms with Gasteiger partial charge in [-0.1, -0.05) is 31.4 Å². The van der Waals surface area contributed by atoms with Gasteiger partial charge in [-0.2, -0.15) is 5.10 Å². The molecule has 1 aliphatic heterocycles. The second-order valence-corrected chi connectivity index (χ2v) is 7.24. The first-order valence-corrected chi connectivity index (χ1v) is 9.96. The highest BCUT2D eigenvalue weighted by atomic mass is 16.5. The Bertz CT molecular complexity index is 716. The van der Waals surface area contributed by atoms with E-state index in [1.165, 1.54) is 62.0 Å². The molecule has 25 heavy (non-hydrogen) atoms. The van der Waals surface area contributed by atoms with Gasteiger partial charge in [-0.3, -0.25) is 0 Å². The van der Waals surface area contributed by atoms with Crippen molar-refractivity contribution >= 4 is 5.82 Å². The van der Waals surface area contributed by atoms with Crippen LogP contribution in [0.3, 0.4) is 0 Å². The number of hydrogen-bond donors (Lipinski definition) is 1. The molecule has 1 aromatic carbocycles. The highest BCUT2D eigenvalue weighted by Crippen LogP contribution is 2.39. The molecule has 0 unspecified atom stereocenters. The molecule has 0 spiro atoms. The lowest BCUT2D eigenvalue weighted by Gasteiger charge is -2.20. The van der Waals surface area contributed by atoms with E-state index >= 15 is 0 Å². The van der Waals surface area contributed by atoms with Gasteiger partial charge in [0.05, 0.1) is 12.3 Å². The van der Waals surface area contributed by atoms with Crippen LogP contribution in [-0.2, 0) is 6.42 Å². The van der Waals surface area contributed by atoms with E-state index in [4.69, 9.17) is 9.84 Å². The van der Waals surface area contributed by atoms with Gasteiger partial charge in [-0.25, -0.2) is 4.68 Å². The SMILES string of the molecule is CCOc1ccccc1-n1nc(C2CCCCC2)c2c1NCCCC2. The first-order chi connectivity index (χ1) is 12.4. The number of fused-ring (bicyclic) bond motifs is 1. The van der Waals surface area contributed by atoms with Gasteiger partial charge in [0.2, 0.25) is 0 Å². The summed E-state index contributed by atoms with van der Waals surface area (Å²) in [6.07, 6.45) is 10.3. The van der Waals surface area contributed by atoms with Gasteiger partial charge >= 0.3 is 0 Å². The lowest BCUT2D eigenvalue weighted by atomic mass is 9.85. The molecule has 4 rings (SSSR count). The molecule has 2 aliphatic rings. The van der Waals surface area contributed by atoms with E-state index in [1.54, 1.807) is 0 Å². The summed E-state index contributed by atoms with van der Waals surface area (Å²) >= 11 is 0. The Morgan fingerprint density at radius 2 is 1.96 bits per heavy atom. The van der Waals surface area contributed by atoms with Crippen LogP contribution < -0.4 is 10.1 Å². The monoisotopic (exact) mass is 339 g/mol. The van der Waals surface area contributed by atoms with Gasteiger partial charge in [-0.15, -0.1) is 0 Å². The number of nitrogens with zero attached hydrogens (tertiary/aromatic N) is 2. The van der Waals surface area contributed by atoms with Gasteiger partial charge in [0.1, 0.15) is 17.3 Å². The van der Waals surface area contributed by atoms with Crippen LogP contribution in [0.2, 0.25) is 0 Å². The van der Waals surface area contributed by atoms with Crippen LogP contribution >= 0.6 is 0 Å². The standard InChI is InChI=1S/C21H29N3O/c1-2-25-19-14-7-6-13-18(19)24-21-17(12-8-9-15-22-21)20(23-24)16-10-4-3-5-11-16/h6-7,13-14,16,22H,2-5,8-12,15H2,1H3. The molecular weight excluding hydrogens is 310 g/mol. The summed E-state index contributed by atoms with van der Waals surface area (Å²) in [5.74, 6) is 2.74. The lowest BCUT2D eigenvalue weighted by Crippen LogP contribution is -2.09. The Labute approximate surface area is 150 Å². The van der Waals surface area contributed by atoms with Crippen LogP contribution in [0.1, 0.15) is 69.0 Å². The van der Waals surface area contributed by atoms with Gasteiger partial charge in [0, 0.05) is 18.0 Å². The summed E-state index contributed by atoms with van der Waals surface area (Å²) in [5.41, 5.74) is 3.85. The number of rotatable bonds is 4. The highest BCUT2D eigenvalue weighted by molar-refractivity contribution is 5.58. The van der Waals surface area contributed by atoms with Gasteiger partial charge in [-0.05, 0) is 51.2 Å². The normalized spacial score (nSPS) is 18.3. The van der Waals surface area contributed by atoms with Crippen LogP contribution in [-0.4, -0.2) is 22.9 Å². The highest BCUT2D eigenvalue weighted by Gasteiger charge is 2.27. The quantitative estimate of drug-likeness (QED) is 0.845. The van der Waals surface area contributed by atoms with E-state index in [2.05, 4.69) is 22.1 Å². The molecule has 0 saturated heterocycles. The van der Waals surface area contributed by atoms with Crippen molar-refractivity contribution in [1.82, 2.24) is 9.78 Å². The molecule has 4 heteroatoms. The molecule has 1 saturated carbocycles. The lowest BCUT2D eigenvalue weighted by molar-refractivity contribution is 0.338. The molecule has 0 radical (unpaired) electrons. The first kappa shape index (κ1) is 16.5. The van der Waals surface area contributed by atoms with Crippen LogP contribution in [0.15, 0.2) is 24.3 Å². The fourth-order valence-electron chi connectivity index (χ4n) is 4.32. The molecule has 2 aromatic rings. The van der Waals surface area contributed by atoms with Crippen molar-refractivity contribution in [3.8, 4) is 11.4 Å². The molecule has 1 aliphatic carbocycles. The predicted octanol–water partition coefficient (Wildman–Crippen LogP) is 5.07. The van der Waals surface area contributed by atoms with E-state index in [-0.39, 0.29) is 0 Å². The zero-order valence-electron chi connectivity index (χ0n) is 15.3. The fraction of sp³-hybridized carbons (Fsp3) is 0.571. The number of aromatic nitrogens is 2. The van der Waals surface area contributed by atoms with Gasteiger partial charge < -0.3 is 10.1 Å². The third-order valence-electron chi connectivity index (χ3n) is 5.55.